The van der Waals surface area contributed by atoms with Gasteiger partial charge in [-0.15, -0.1) is 0 Å². The molecule has 0 unspecified atom stereocenters. The molecule has 0 aliphatic carbocycles. The Kier molecular flexibility index (Phi) is 9.58. The molecular weight excluding hydrogens is 568 g/mol. The first-order chi connectivity index (χ1) is 21.3. The van der Waals surface area contributed by atoms with Crippen molar-refractivity contribution in [3.63, 3.8) is 0 Å². The standard InChI is InChI=1S/C32H34N4O8/c1-41-27-13-25-10-9-21(27)16-34-29(37)19-43-24-6-3-5-20(12-24)22-11-23(15-33-14-22)32(40)35-26-17-36(18-28(26)44-25)30(38)7-4-8-31(39)42-2/h3,5-6,9-15,26,28H,4,7-8,16-19H2,1-2H3,(H,34,37)(H,35,40)/t26-,28-/m0/s1. The highest BCUT2D eigenvalue weighted by molar-refractivity contribution is 5.95. The molecule has 12 nitrogen and oxygen atoms in total. The minimum Gasteiger partial charge on any atom is -0.496 e. The van der Waals surface area contributed by atoms with Crippen LogP contribution in [0.4, 0.5) is 0 Å². The number of methoxy groups -OCH3 is 2. The minimum atomic E-state index is -0.575. The Labute approximate surface area is 254 Å². The van der Waals surface area contributed by atoms with Crippen molar-refractivity contribution in [1.29, 1.82) is 0 Å². The molecular formula is C32H34N4O8. The minimum absolute atomic E-state index is 0.140. The summed E-state index contributed by atoms with van der Waals surface area (Å²) in [5.41, 5.74) is 2.51. The van der Waals surface area contributed by atoms with Crippen LogP contribution in [0, 0.1) is 0 Å². The van der Waals surface area contributed by atoms with Crippen molar-refractivity contribution in [2.45, 2.75) is 38.0 Å². The highest BCUT2D eigenvalue weighted by Crippen LogP contribution is 2.28. The van der Waals surface area contributed by atoms with E-state index >= 15 is 0 Å². The van der Waals surface area contributed by atoms with Crippen molar-refractivity contribution >= 4 is 23.7 Å². The molecule has 2 atom stereocenters. The van der Waals surface area contributed by atoms with Gasteiger partial charge in [0, 0.05) is 55.5 Å². The molecule has 1 aromatic heterocycles. The fourth-order valence-electron chi connectivity index (χ4n) is 5.13. The number of nitrogens with zero attached hydrogens (tertiary/aromatic N) is 2. The van der Waals surface area contributed by atoms with Crippen LogP contribution in [-0.2, 0) is 25.7 Å². The first kappa shape index (κ1) is 30.3. The summed E-state index contributed by atoms with van der Waals surface area (Å²) < 4.78 is 22.3. The number of aromatic nitrogens is 1. The summed E-state index contributed by atoms with van der Waals surface area (Å²) in [4.78, 5) is 56.5. The number of carbonyl (C=O) groups excluding carboxylic acids is 4. The quantitative estimate of drug-likeness (QED) is 0.421. The molecule has 3 aliphatic heterocycles. The summed E-state index contributed by atoms with van der Waals surface area (Å²) in [5.74, 6) is 0.260. The van der Waals surface area contributed by atoms with Crippen LogP contribution in [0.15, 0.2) is 60.9 Å². The molecule has 0 saturated carbocycles. The van der Waals surface area contributed by atoms with Crippen molar-refractivity contribution in [3.05, 3.63) is 72.1 Å². The molecule has 3 aliphatic rings. The molecule has 0 spiro atoms. The summed E-state index contributed by atoms with van der Waals surface area (Å²) >= 11 is 0. The number of hydrogen-bond donors (Lipinski definition) is 2. The zero-order chi connectivity index (χ0) is 31.1. The Hall–Kier alpha value is -5.13. The van der Waals surface area contributed by atoms with Gasteiger partial charge in [-0.2, -0.15) is 0 Å². The van der Waals surface area contributed by atoms with Gasteiger partial charge >= 0.3 is 5.97 Å². The third-order valence-electron chi connectivity index (χ3n) is 7.49. The Morgan fingerprint density at radius 2 is 1.82 bits per heavy atom. The molecule has 2 N–H and O–H groups in total. The van der Waals surface area contributed by atoms with Crippen LogP contribution in [0.1, 0.15) is 35.2 Å². The van der Waals surface area contributed by atoms with E-state index in [4.69, 9.17) is 14.2 Å². The summed E-state index contributed by atoms with van der Waals surface area (Å²) in [7, 11) is 2.83. The molecule has 3 aromatic rings. The second-order valence-electron chi connectivity index (χ2n) is 10.5. The number of rotatable bonds is 5. The first-order valence-corrected chi connectivity index (χ1v) is 14.3. The Morgan fingerprint density at radius 3 is 2.64 bits per heavy atom. The fraction of sp³-hybridized carbons (Fsp3) is 0.344. The molecule has 44 heavy (non-hydrogen) atoms. The van der Waals surface area contributed by atoms with Gasteiger partial charge in [0.15, 0.2) is 6.61 Å². The van der Waals surface area contributed by atoms with Crippen LogP contribution in [0.5, 0.6) is 17.2 Å². The van der Waals surface area contributed by atoms with E-state index in [9.17, 15) is 19.2 Å². The topological polar surface area (TPSA) is 145 Å². The van der Waals surface area contributed by atoms with Gasteiger partial charge in [-0.05, 0) is 42.3 Å². The third-order valence-corrected chi connectivity index (χ3v) is 7.49. The highest BCUT2D eigenvalue weighted by Gasteiger charge is 2.38. The maximum Gasteiger partial charge on any atom is 0.305 e. The molecule has 3 amide bonds. The molecule has 0 radical (unpaired) electrons. The number of benzene rings is 2. The number of fused-ring (bicyclic) bond motifs is 7. The van der Waals surface area contributed by atoms with Crippen LogP contribution in [0.2, 0.25) is 0 Å². The van der Waals surface area contributed by atoms with Crippen LogP contribution in [0.25, 0.3) is 11.1 Å². The van der Waals surface area contributed by atoms with E-state index in [0.717, 1.165) is 11.1 Å². The predicted octanol–water partition coefficient (Wildman–Crippen LogP) is 2.50. The smallest absolute Gasteiger partial charge is 0.305 e. The number of amides is 3. The maximum absolute atomic E-state index is 13.5. The number of hydrogen-bond acceptors (Lipinski definition) is 9. The first-order valence-electron chi connectivity index (χ1n) is 14.3. The van der Waals surface area contributed by atoms with Crippen LogP contribution in [0.3, 0.4) is 0 Å². The van der Waals surface area contributed by atoms with Crippen molar-refractivity contribution in [2.75, 3.05) is 33.9 Å². The predicted molar refractivity (Wildman–Crippen MR) is 158 cm³/mol. The average Bonchev–Trinajstić information content (AvgIpc) is 3.44. The lowest BCUT2D eigenvalue weighted by atomic mass is 10.1. The average molecular weight is 603 g/mol. The van der Waals surface area contributed by atoms with Gasteiger partial charge in [-0.25, -0.2) is 0 Å². The molecule has 6 rings (SSSR count). The molecule has 2 aromatic carbocycles. The summed E-state index contributed by atoms with van der Waals surface area (Å²) in [6, 6.07) is 13.6. The monoisotopic (exact) mass is 602 g/mol. The van der Waals surface area contributed by atoms with Gasteiger partial charge in [-0.3, -0.25) is 24.2 Å². The second kappa shape index (κ2) is 13.9. The van der Waals surface area contributed by atoms with Gasteiger partial charge in [0.25, 0.3) is 11.8 Å². The Morgan fingerprint density at radius 1 is 0.977 bits per heavy atom. The lowest BCUT2D eigenvalue weighted by Crippen LogP contribution is -2.45. The van der Waals surface area contributed by atoms with Gasteiger partial charge in [0.1, 0.15) is 23.4 Å². The zero-order valence-corrected chi connectivity index (χ0v) is 24.5. The van der Waals surface area contributed by atoms with Gasteiger partial charge < -0.3 is 34.5 Å². The van der Waals surface area contributed by atoms with Crippen molar-refractivity contribution in [3.8, 4) is 28.4 Å². The molecule has 230 valence electrons. The van der Waals surface area contributed by atoms with E-state index < -0.39 is 12.1 Å². The van der Waals surface area contributed by atoms with Crippen molar-refractivity contribution in [1.82, 2.24) is 20.5 Å². The number of nitrogens with one attached hydrogen (secondary N) is 2. The van der Waals surface area contributed by atoms with Crippen molar-refractivity contribution in [2.24, 2.45) is 0 Å². The van der Waals surface area contributed by atoms with E-state index in [1.165, 1.54) is 20.4 Å². The van der Waals surface area contributed by atoms with Gasteiger partial charge in [0.05, 0.1) is 32.4 Å². The number of carbonyl (C=O) groups is 4. The summed E-state index contributed by atoms with van der Waals surface area (Å²) in [6.45, 7) is 0.475. The zero-order valence-electron chi connectivity index (χ0n) is 24.5. The summed E-state index contributed by atoms with van der Waals surface area (Å²) in [5, 5.41) is 5.88. The fourth-order valence-corrected chi connectivity index (χ4v) is 5.13. The SMILES string of the molecule is COC(=O)CCCC(=O)N1C[C@@H]2NC(=O)c3cncc(c3)-c3cccc(c3)OCC(=O)NCc3ccc(cc3OC)O[C@H]2C1. The number of ether oxygens (including phenoxy) is 4. The number of esters is 1. The van der Waals surface area contributed by atoms with E-state index in [1.54, 1.807) is 53.6 Å². The lowest BCUT2D eigenvalue weighted by molar-refractivity contribution is -0.141. The normalized spacial score (nSPS) is 18.2. The van der Waals surface area contributed by atoms with E-state index in [-0.39, 0.29) is 62.8 Å². The Balaban J connectivity index is 1.43. The van der Waals surface area contributed by atoms with Gasteiger partial charge in [0.2, 0.25) is 5.91 Å². The van der Waals surface area contributed by atoms with Crippen molar-refractivity contribution < 1.29 is 38.1 Å². The number of likely N-dealkylation sites (tertiary alicyclic amines) is 1. The Bertz CT molecular complexity index is 1540. The largest absolute Gasteiger partial charge is 0.496 e. The van der Waals surface area contributed by atoms with E-state index in [2.05, 4.69) is 20.4 Å². The molecule has 12 heteroatoms. The highest BCUT2D eigenvalue weighted by atomic mass is 16.5. The van der Waals surface area contributed by atoms with E-state index in [0.29, 0.717) is 34.8 Å². The van der Waals surface area contributed by atoms with Crippen LogP contribution in [-0.4, -0.2) is 79.6 Å². The molecule has 4 heterocycles. The third kappa shape index (κ3) is 7.44. The maximum atomic E-state index is 13.5. The second-order valence-corrected chi connectivity index (χ2v) is 10.5. The van der Waals surface area contributed by atoms with E-state index in [1.807, 2.05) is 6.07 Å². The van der Waals surface area contributed by atoms with Crippen LogP contribution >= 0.6 is 0 Å². The van der Waals surface area contributed by atoms with Crippen LogP contribution < -0.4 is 24.8 Å². The lowest BCUT2D eigenvalue weighted by Gasteiger charge is -2.22. The summed E-state index contributed by atoms with van der Waals surface area (Å²) in [6.07, 6.45) is 3.19. The molecule has 1 saturated heterocycles. The molecule has 1 fully saturated rings. The number of pyridine rings is 1. The molecule has 6 bridgehead atoms. The van der Waals surface area contributed by atoms with Gasteiger partial charge in [-0.1, -0.05) is 12.1 Å².